The highest BCUT2D eigenvalue weighted by molar-refractivity contribution is 9.11. The fourth-order valence-electron chi connectivity index (χ4n) is 1.16. The van der Waals surface area contributed by atoms with Gasteiger partial charge in [0.25, 0.3) is 0 Å². The van der Waals surface area contributed by atoms with Crippen molar-refractivity contribution in [1.82, 2.24) is 0 Å². The maximum absolute atomic E-state index is 11.7. The van der Waals surface area contributed by atoms with Gasteiger partial charge in [0, 0.05) is 4.47 Å². The molecule has 1 heterocycles. The summed E-state index contributed by atoms with van der Waals surface area (Å²) in [5.74, 6) is 0.0278. The van der Waals surface area contributed by atoms with Gasteiger partial charge >= 0.3 is 5.97 Å². The van der Waals surface area contributed by atoms with Gasteiger partial charge in [-0.15, -0.1) is 0 Å². The Labute approximate surface area is 123 Å². The van der Waals surface area contributed by atoms with Crippen LogP contribution < -0.4 is 4.74 Å². The van der Waals surface area contributed by atoms with Crippen LogP contribution in [0.1, 0.15) is 10.6 Å². The van der Waals surface area contributed by atoms with E-state index in [1.165, 1.54) is 6.26 Å². The first kappa shape index (κ1) is 12.9. The maximum atomic E-state index is 11.7. The van der Waals surface area contributed by atoms with Gasteiger partial charge in [-0.25, -0.2) is 4.79 Å². The van der Waals surface area contributed by atoms with Crippen molar-refractivity contribution in [1.29, 1.82) is 0 Å². The molecule has 6 heteroatoms. The molecule has 0 bridgehead atoms. The number of hydrogen-bond acceptors (Lipinski definition) is 3. The smallest absolute Gasteiger partial charge is 0.379 e. The summed E-state index contributed by atoms with van der Waals surface area (Å²) in [7, 11) is 0. The largest absolute Gasteiger partial charge is 0.457 e. The molecule has 0 saturated heterocycles. The molecular weight excluding hydrogens is 420 g/mol. The molecule has 17 heavy (non-hydrogen) atoms. The molecular formula is C11H5Br3O3. The summed E-state index contributed by atoms with van der Waals surface area (Å²) in [4.78, 5) is 11.7. The van der Waals surface area contributed by atoms with E-state index in [2.05, 4.69) is 47.8 Å². The van der Waals surface area contributed by atoms with E-state index >= 15 is 0 Å². The highest BCUT2D eigenvalue weighted by Crippen LogP contribution is 2.36. The van der Waals surface area contributed by atoms with Gasteiger partial charge in [-0.3, -0.25) is 0 Å². The van der Waals surface area contributed by atoms with Crippen molar-refractivity contribution in [2.75, 3.05) is 0 Å². The van der Waals surface area contributed by atoms with Crippen LogP contribution in [0.3, 0.4) is 0 Å². The van der Waals surface area contributed by atoms with Crippen LogP contribution in [0.4, 0.5) is 0 Å². The van der Waals surface area contributed by atoms with E-state index in [4.69, 9.17) is 9.15 Å². The Morgan fingerprint density at radius 3 is 2.35 bits per heavy atom. The van der Waals surface area contributed by atoms with Gasteiger partial charge in [-0.2, -0.15) is 0 Å². The first-order valence-corrected chi connectivity index (χ1v) is 6.86. The highest BCUT2D eigenvalue weighted by Gasteiger charge is 2.16. The average Bonchev–Trinajstić information content (AvgIpc) is 2.76. The third kappa shape index (κ3) is 3.00. The summed E-state index contributed by atoms with van der Waals surface area (Å²) in [6.45, 7) is 0. The summed E-state index contributed by atoms with van der Waals surface area (Å²) in [5.41, 5.74) is 0. The molecule has 0 N–H and O–H groups in total. The number of rotatable bonds is 2. The van der Waals surface area contributed by atoms with Crippen LogP contribution in [-0.4, -0.2) is 5.97 Å². The van der Waals surface area contributed by atoms with E-state index in [9.17, 15) is 4.79 Å². The number of furan rings is 1. The molecule has 0 unspecified atom stereocenters. The second-order valence-electron chi connectivity index (χ2n) is 3.07. The molecule has 0 amide bonds. The highest BCUT2D eigenvalue weighted by atomic mass is 79.9. The summed E-state index contributed by atoms with van der Waals surface area (Å²) in [6.07, 6.45) is 1.42. The number of halogens is 3. The van der Waals surface area contributed by atoms with Crippen molar-refractivity contribution >= 4 is 53.8 Å². The standard InChI is InChI=1S/C11H5Br3O3/c12-6-4-7(13)10(8(14)5-6)17-11(15)9-2-1-3-16-9/h1-5H. The van der Waals surface area contributed by atoms with E-state index in [1.54, 1.807) is 24.3 Å². The predicted octanol–water partition coefficient (Wildman–Crippen LogP) is 4.79. The topological polar surface area (TPSA) is 39.4 Å². The van der Waals surface area contributed by atoms with Crippen molar-refractivity contribution in [3.05, 3.63) is 49.7 Å². The quantitative estimate of drug-likeness (QED) is 0.514. The van der Waals surface area contributed by atoms with Crippen LogP contribution in [0.15, 0.2) is 48.4 Å². The summed E-state index contributed by atoms with van der Waals surface area (Å²) in [5, 5.41) is 0. The zero-order chi connectivity index (χ0) is 12.4. The van der Waals surface area contributed by atoms with Crippen LogP contribution >= 0.6 is 47.8 Å². The van der Waals surface area contributed by atoms with Gasteiger partial charge in [-0.05, 0) is 56.1 Å². The third-order valence-electron chi connectivity index (χ3n) is 1.88. The minimum atomic E-state index is -0.543. The molecule has 0 atom stereocenters. The van der Waals surface area contributed by atoms with E-state index in [0.717, 1.165) is 4.47 Å². The van der Waals surface area contributed by atoms with Gasteiger partial charge in [0.15, 0.2) is 5.75 Å². The van der Waals surface area contributed by atoms with Gasteiger partial charge in [0.05, 0.1) is 15.2 Å². The lowest BCUT2D eigenvalue weighted by Gasteiger charge is -2.07. The Balaban J connectivity index is 2.28. The van der Waals surface area contributed by atoms with Crippen LogP contribution in [0.2, 0.25) is 0 Å². The maximum Gasteiger partial charge on any atom is 0.379 e. The fraction of sp³-hybridized carbons (Fsp3) is 0. The fourth-order valence-corrected chi connectivity index (χ4v) is 3.58. The lowest BCUT2D eigenvalue weighted by atomic mass is 10.3. The average molecular weight is 425 g/mol. The minimum Gasteiger partial charge on any atom is -0.457 e. The summed E-state index contributed by atoms with van der Waals surface area (Å²) >= 11 is 9.98. The molecule has 88 valence electrons. The zero-order valence-corrected chi connectivity index (χ0v) is 13.0. The van der Waals surface area contributed by atoms with E-state index < -0.39 is 5.97 Å². The third-order valence-corrected chi connectivity index (χ3v) is 3.52. The van der Waals surface area contributed by atoms with E-state index in [0.29, 0.717) is 14.7 Å². The SMILES string of the molecule is O=C(Oc1c(Br)cc(Br)cc1Br)c1ccco1. The first-order chi connectivity index (χ1) is 8.08. The van der Waals surface area contributed by atoms with Crippen LogP contribution in [0, 0.1) is 0 Å². The number of hydrogen-bond donors (Lipinski definition) is 0. The van der Waals surface area contributed by atoms with Crippen LogP contribution in [-0.2, 0) is 0 Å². The van der Waals surface area contributed by atoms with Crippen LogP contribution in [0.5, 0.6) is 5.75 Å². The lowest BCUT2D eigenvalue weighted by Crippen LogP contribution is -2.08. The second kappa shape index (κ2) is 5.37. The lowest BCUT2D eigenvalue weighted by molar-refractivity contribution is 0.0699. The van der Waals surface area contributed by atoms with E-state index in [-0.39, 0.29) is 5.76 Å². The van der Waals surface area contributed by atoms with Crippen LogP contribution in [0.25, 0.3) is 0 Å². The monoisotopic (exact) mass is 422 g/mol. The van der Waals surface area contributed by atoms with Crippen molar-refractivity contribution in [3.63, 3.8) is 0 Å². The molecule has 0 fully saturated rings. The molecule has 1 aromatic heterocycles. The molecule has 2 aromatic rings. The van der Waals surface area contributed by atoms with Crippen molar-refractivity contribution in [2.24, 2.45) is 0 Å². The molecule has 0 radical (unpaired) electrons. The molecule has 0 aliphatic heterocycles. The number of carbonyl (C=O) groups is 1. The van der Waals surface area contributed by atoms with Gasteiger partial charge in [-0.1, -0.05) is 15.9 Å². The Bertz CT molecular complexity index is 526. The van der Waals surface area contributed by atoms with Crippen molar-refractivity contribution in [3.8, 4) is 5.75 Å². The molecule has 0 saturated carbocycles. The summed E-state index contributed by atoms with van der Waals surface area (Å²) < 4.78 is 12.4. The van der Waals surface area contributed by atoms with Gasteiger partial charge in [0.1, 0.15) is 0 Å². The van der Waals surface area contributed by atoms with Gasteiger partial charge in [0.2, 0.25) is 5.76 Å². The number of benzene rings is 1. The Morgan fingerprint density at radius 1 is 1.18 bits per heavy atom. The zero-order valence-electron chi connectivity index (χ0n) is 8.25. The Hall–Kier alpha value is -0.590. The molecule has 2 rings (SSSR count). The molecule has 0 aliphatic carbocycles. The normalized spacial score (nSPS) is 10.3. The Morgan fingerprint density at radius 2 is 1.82 bits per heavy atom. The predicted molar refractivity (Wildman–Crippen MR) is 73.2 cm³/mol. The summed E-state index contributed by atoms with van der Waals surface area (Å²) in [6, 6.07) is 6.75. The molecule has 1 aromatic carbocycles. The molecule has 0 aliphatic rings. The second-order valence-corrected chi connectivity index (χ2v) is 5.69. The molecule has 3 nitrogen and oxygen atoms in total. The number of ether oxygens (including phenoxy) is 1. The molecule has 0 spiro atoms. The Kier molecular flexibility index (Phi) is 4.06. The number of esters is 1. The first-order valence-electron chi connectivity index (χ1n) is 4.48. The minimum absolute atomic E-state index is 0.159. The van der Waals surface area contributed by atoms with Crippen molar-refractivity contribution in [2.45, 2.75) is 0 Å². The van der Waals surface area contributed by atoms with E-state index in [1.807, 2.05) is 0 Å². The van der Waals surface area contributed by atoms with Crippen molar-refractivity contribution < 1.29 is 13.9 Å². The van der Waals surface area contributed by atoms with Gasteiger partial charge < -0.3 is 9.15 Å². The number of carbonyl (C=O) groups excluding carboxylic acids is 1.